The van der Waals surface area contributed by atoms with Crippen molar-refractivity contribution < 1.29 is 35.8 Å². The Morgan fingerprint density at radius 2 is 1.38 bits per heavy atom. The van der Waals surface area contributed by atoms with Gasteiger partial charge < -0.3 is 9.47 Å². The Morgan fingerprint density at radius 3 is 1.81 bits per heavy atom. The van der Waals surface area contributed by atoms with Gasteiger partial charge in [-0.15, -0.1) is 0 Å². The highest BCUT2D eigenvalue weighted by atomic mass is 19.4. The molecule has 0 aliphatic heterocycles. The molecule has 0 aromatic rings. The number of rotatable bonds is 10. The zero-order chi connectivity index (χ0) is 16.4. The van der Waals surface area contributed by atoms with Gasteiger partial charge >= 0.3 is 12.4 Å². The average molecular weight is 322 g/mol. The molecule has 0 aromatic heterocycles. The van der Waals surface area contributed by atoms with E-state index in [1.165, 1.54) is 0 Å². The van der Waals surface area contributed by atoms with Gasteiger partial charge in [0.1, 0.15) is 13.2 Å². The highest BCUT2D eigenvalue weighted by Crippen LogP contribution is 2.21. The van der Waals surface area contributed by atoms with E-state index in [1.807, 2.05) is 19.1 Å². The van der Waals surface area contributed by atoms with E-state index in [9.17, 15) is 26.3 Å². The third-order valence-electron chi connectivity index (χ3n) is 2.33. The molecule has 21 heavy (non-hydrogen) atoms. The molecule has 0 amide bonds. The van der Waals surface area contributed by atoms with Gasteiger partial charge in [-0.2, -0.15) is 26.3 Å². The fraction of sp³-hybridized carbons (Fsp3) is 0.846. The summed E-state index contributed by atoms with van der Waals surface area (Å²) in [6.45, 7) is -1.28. The van der Waals surface area contributed by atoms with Crippen LogP contribution in [-0.4, -0.2) is 31.9 Å². The van der Waals surface area contributed by atoms with Gasteiger partial charge in [-0.25, -0.2) is 0 Å². The molecule has 0 aliphatic rings. The summed E-state index contributed by atoms with van der Waals surface area (Å²) in [5.41, 5.74) is 0. The lowest BCUT2D eigenvalue weighted by Crippen LogP contribution is -2.29. The minimum Gasteiger partial charge on any atom is -0.343 e. The molecule has 0 rings (SSSR count). The summed E-state index contributed by atoms with van der Waals surface area (Å²) < 4.78 is 80.8. The summed E-state index contributed by atoms with van der Waals surface area (Å²) in [7, 11) is 0. The SMILES string of the molecule is CCC=CCCCCC(OCC(F)(F)F)OCC(F)(F)F. The quantitative estimate of drug-likeness (QED) is 0.244. The second kappa shape index (κ2) is 10.0. The van der Waals surface area contributed by atoms with Crippen LogP contribution in [0.1, 0.15) is 39.0 Å². The highest BCUT2D eigenvalue weighted by Gasteiger charge is 2.32. The van der Waals surface area contributed by atoms with E-state index in [2.05, 4.69) is 9.47 Å². The molecule has 0 unspecified atom stereocenters. The number of hydrogen-bond donors (Lipinski definition) is 0. The van der Waals surface area contributed by atoms with Crippen LogP contribution >= 0.6 is 0 Å². The zero-order valence-corrected chi connectivity index (χ0v) is 11.8. The number of alkyl halides is 6. The van der Waals surface area contributed by atoms with E-state index in [0.29, 0.717) is 12.8 Å². The smallest absolute Gasteiger partial charge is 0.343 e. The van der Waals surface area contributed by atoms with Gasteiger partial charge in [0, 0.05) is 0 Å². The van der Waals surface area contributed by atoms with Crippen LogP contribution in [0, 0.1) is 0 Å². The minimum atomic E-state index is -4.59. The third kappa shape index (κ3) is 15.4. The van der Waals surface area contributed by atoms with E-state index in [0.717, 1.165) is 12.8 Å². The molecular weight excluding hydrogens is 302 g/mol. The van der Waals surface area contributed by atoms with Gasteiger partial charge in [-0.05, 0) is 32.1 Å². The van der Waals surface area contributed by atoms with Crippen molar-refractivity contribution in [2.75, 3.05) is 13.2 Å². The van der Waals surface area contributed by atoms with Crippen molar-refractivity contribution in [1.29, 1.82) is 0 Å². The first-order valence-corrected chi connectivity index (χ1v) is 6.65. The maximum absolute atomic E-state index is 12.0. The molecule has 0 atom stereocenters. The zero-order valence-electron chi connectivity index (χ0n) is 11.8. The molecular formula is C13H20F6O2. The van der Waals surface area contributed by atoms with E-state index in [4.69, 9.17) is 0 Å². The van der Waals surface area contributed by atoms with Crippen molar-refractivity contribution in [1.82, 2.24) is 0 Å². The lowest BCUT2D eigenvalue weighted by molar-refractivity contribution is -0.260. The molecule has 0 saturated carbocycles. The van der Waals surface area contributed by atoms with Crippen LogP contribution in [0.3, 0.4) is 0 Å². The van der Waals surface area contributed by atoms with Crippen molar-refractivity contribution in [3.63, 3.8) is 0 Å². The summed E-state index contributed by atoms with van der Waals surface area (Å²) in [6, 6.07) is 0. The van der Waals surface area contributed by atoms with Crippen molar-refractivity contribution in [3.05, 3.63) is 12.2 Å². The predicted octanol–water partition coefficient (Wildman–Crippen LogP) is 5.00. The van der Waals surface area contributed by atoms with E-state index in [-0.39, 0.29) is 6.42 Å². The number of allylic oxidation sites excluding steroid dienone is 2. The first kappa shape index (κ1) is 20.2. The maximum Gasteiger partial charge on any atom is 0.411 e. The van der Waals surface area contributed by atoms with Crippen molar-refractivity contribution in [3.8, 4) is 0 Å². The van der Waals surface area contributed by atoms with Gasteiger partial charge in [-0.3, -0.25) is 0 Å². The second-order valence-electron chi connectivity index (χ2n) is 4.45. The number of halogens is 6. The Balaban J connectivity index is 4.09. The van der Waals surface area contributed by atoms with Gasteiger partial charge in [0.15, 0.2) is 6.29 Å². The predicted molar refractivity (Wildman–Crippen MR) is 65.7 cm³/mol. The van der Waals surface area contributed by atoms with Crippen LogP contribution in [0.4, 0.5) is 26.3 Å². The normalized spacial score (nSPS) is 13.5. The minimum absolute atomic E-state index is 0.00781. The summed E-state index contributed by atoms with van der Waals surface area (Å²) in [6.07, 6.45) is -4.15. The highest BCUT2D eigenvalue weighted by molar-refractivity contribution is 4.79. The van der Waals surface area contributed by atoms with Crippen LogP contribution in [0.25, 0.3) is 0 Å². The molecule has 0 aliphatic carbocycles. The van der Waals surface area contributed by atoms with Crippen LogP contribution in [0.15, 0.2) is 12.2 Å². The monoisotopic (exact) mass is 322 g/mol. The molecule has 0 spiro atoms. The molecule has 0 saturated heterocycles. The lowest BCUT2D eigenvalue weighted by atomic mass is 10.2. The first-order valence-electron chi connectivity index (χ1n) is 6.65. The summed E-state index contributed by atoms with van der Waals surface area (Å²) >= 11 is 0. The number of unbranched alkanes of at least 4 members (excludes halogenated alkanes) is 2. The van der Waals surface area contributed by atoms with Crippen LogP contribution in [0.2, 0.25) is 0 Å². The maximum atomic E-state index is 12.0. The fourth-order valence-corrected chi connectivity index (χ4v) is 1.45. The van der Waals surface area contributed by atoms with Crippen LogP contribution in [0.5, 0.6) is 0 Å². The summed E-state index contributed by atoms with van der Waals surface area (Å²) in [4.78, 5) is 0. The second-order valence-corrected chi connectivity index (χ2v) is 4.45. The molecule has 8 heteroatoms. The van der Waals surface area contributed by atoms with Crippen molar-refractivity contribution in [2.45, 2.75) is 57.7 Å². The topological polar surface area (TPSA) is 18.5 Å². The van der Waals surface area contributed by atoms with Crippen LogP contribution in [-0.2, 0) is 9.47 Å². The van der Waals surface area contributed by atoms with Gasteiger partial charge in [0.2, 0.25) is 0 Å². The summed E-state index contributed by atoms with van der Waals surface area (Å²) in [5.74, 6) is 0. The summed E-state index contributed by atoms with van der Waals surface area (Å²) in [5, 5.41) is 0. The largest absolute Gasteiger partial charge is 0.411 e. The van der Waals surface area contributed by atoms with E-state index >= 15 is 0 Å². The molecule has 0 radical (unpaired) electrons. The standard InChI is InChI=1S/C13H20F6O2/c1-2-3-4-5-6-7-8-11(20-9-12(14,15)16)21-10-13(17,18)19/h3-4,11H,2,5-10H2,1H3. The molecule has 0 aromatic carbocycles. The van der Waals surface area contributed by atoms with E-state index in [1.54, 1.807) is 0 Å². The van der Waals surface area contributed by atoms with E-state index < -0.39 is 31.9 Å². The van der Waals surface area contributed by atoms with Gasteiger partial charge in [0.25, 0.3) is 0 Å². The Labute approximate surface area is 120 Å². The Hall–Kier alpha value is -0.760. The number of hydrogen-bond acceptors (Lipinski definition) is 2. The molecule has 126 valence electrons. The van der Waals surface area contributed by atoms with Crippen molar-refractivity contribution in [2.24, 2.45) is 0 Å². The molecule has 0 heterocycles. The van der Waals surface area contributed by atoms with Gasteiger partial charge in [0.05, 0.1) is 0 Å². The molecule has 0 N–H and O–H groups in total. The molecule has 0 fully saturated rings. The first-order chi connectivity index (χ1) is 9.64. The Morgan fingerprint density at radius 1 is 0.857 bits per heavy atom. The molecule has 2 nitrogen and oxygen atoms in total. The lowest BCUT2D eigenvalue weighted by Gasteiger charge is -2.20. The van der Waals surface area contributed by atoms with Crippen molar-refractivity contribution >= 4 is 0 Å². The van der Waals surface area contributed by atoms with Crippen LogP contribution < -0.4 is 0 Å². The average Bonchev–Trinajstić information content (AvgIpc) is 2.33. The van der Waals surface area contributed by atoms with Gasteiger partial charge in [-0.1, -0.05) is 19.1 Å². The Bertz CT molecular complexity index is 267. The fourth-order valence-electron chi connectivity index (χ4n) is 1.45. The third-order valence-corrected chi connectivity index (χ3v) is 2.33. The molecule has 0 bridgehead atoms. The Kier molecular flexibility index (Phi) is 9.68. The number of ether oxygens (including phenoxy) is 2.